The number of rotatable bonds is 4. The van der Waals surface area contributed by atoms with E-state index in [0.717, 1.165) is 27.2 Å². The maximum atomic E-state index is 13.7. The quantitative estimate of drug-likeness (QED) is 0.396. The molecule has 5 nitrogen and oxygen atoms in total. The average molecular weight is 482 g/mol. The van der Waals surface area contributed by atoms with Gasteiger partial charge in [0.1, 0.15) is 0 Å². The van der Waals surface area contributed by atoms with Crippen molar-refractivity contribution in [1.29, 1.82) is 0 Å². The standard InChI is InChI=1S/C29H20ClNO4/c30-22-14-11-18(15-21(22)29(34)35)31-27(32)25-19-12-13-20(26(25)28(31)33)24(19)23(16-7-3-1-4-8-16)17-9-5-2-6-10-17/h1-15,19-20,25-26H,(H,34,35)/t19-,20+,25-,26-/m1/s1. The molecule has 2 aliphatic carbocycles. The van der Waals surface area contributed by atoms with Gasteiger partial charge in [-0.25, -0.2) is 9.69 Å². The number of carbonyl (C=O) groups excluding carboxylic acids is 2. The van der Waals surface area contributed by atoms with Crippen LogP contribution in [0.4, 0.5) is 5.69 Å². The molecule has 35 heavy (non-hydrogen) atoms. The summed E-state index contributed by atoms with van der Waals surface area (Å²) < 4.78 is 0. The van der Waals surface area contributed by atoms with Crippen molar-refractivity contribution in [2.24, 2.45) is 23.7 Å². The van der Waals surface area contributed by atoms with Crippen molar-refractivity contribution in [1.82, 2.24) is 0 Å². The molecular formula is C29H20ClNO4. The Bertz CT molecular complexity index is 1370. The van der Waals surface area contributed by atoms with E-state index >= 15 is 0 Å². The molecule has 2 amide bonds. The molecule has 2 fully saturated rings. The van der Waals surface area contributed by atoms with Crippen LogP contribution in [0.2, 0.25) is 5.02 Å². The van der Waals surface area contributed by atoms with Gasteiger partial charge in [-0.3, -0.25) is 9.59 Å². The molecule has 2 bridgehead atoms. The van der Waals surface area contributed by atoms with Gasteiger partial charge in [-0.15, -0.1) is 0 Å². The number of carbonyl (C=O) groups is 3. The Morgan fingerprint density at radius 1 is 0.771 bits per heavy atom. The molecule has 1 aliphatic heterocycles. The molecule has 1 N–H and O–H groups in total. The lowest BCUT2D eigenvalue weighted by molar-refractivity contribution is -0.122. The van der Waals surface area contributed by atoms with Gasteiger partial charge in [-0.2, -0.15) is 0 Å². The Labute approximate surface area is 207 Å². The van der Waals surface area contributed by atoms with Crippen molar-refractivity contribution in [3.63, 3.8) is 0 Å². The van der Waals surface area contributed by atoms with Crippen LogP contribution in [0, 0.1) is 23.7 Å². The van der Waals surface area contributed by atoms with Gasteiger partial charge < -0.3 is 5.11 Å². The summed E-state index contributed by atoms with van der Waals surface area (Å²) in [7, 11) is 0. The number of hydrogen-bond acceptors (Lipinski definition) is 3. The number of hydrogen-bond donors (Lipinski definition) is 1. The van der Waals surface area contributed by atoms with Gasteiger partial charge in [0.05, 0.1) is 28.1 Å². The normalized spacial score (nSPS) is 24.3. The topological polar surface area (TPSA) is 74.7 Å². The Morgan fingerprint density at radius 2 is 1.29 bits per heavy atom. The van der Waals surface area contributed by atoms with Crippen molar-refractivity contribution in [2.75, 3.05) is 4.90 Å². The van der Waals surface area contributed by atoms with Crippen LogP contribution in [0.25, 0.3) is 5.57 Å². The van der Waals surface area contributed by atoms with Gasteiger partial charge in [0.15, 0.2) is 0 Å². The van der Waals surface area contributed by atoms with Crippen molar-refractivity contribution in [2.45, 2.75) is 0 Å². The number of benzene rings is 3. The lowest BCUT2D eigenvalue weighted by Crippen LogP contribution is -2.33. The molecule has 1 saturated heterocycles. The summed E-state index contributed by atoms with van der Waals surface area (Å²) in [6, 6.07) is 24.3. The van der Waals surface area contributed by atoms with Gasteiger partial charge in [0, 0.05) is 11.8 Å². The van der Waals surface area contributed by atoms with E-state index in [1.165, 1.54) is 18.2 Å². The number of fused-ring (bicyclic) bond motifs is 5. The lowest BCUT2D eigenvalue weighted by Gasteiger charge is -2.22. The second-order valence-corrected chi connectivity index (χ2v) is 9.44. The van der Waals surface area contributed by atoms with Crippen LogP contribution >= 0.6 is 11.6 Å². The van der Waals surface area contributed by atoms with E-state index in [0.29, 0.717) is 0 Å². The SMILES string of the molecule is O=C(O)c1cc(N2C(=O)[C@H]3[C@H](C2=O)[C@H]2C=C[C@@H]3C2=C(c2ccccc2)c2ccccc2)ccc1Cl. The zero-order valence-corrected chi connectivity index (χ0v) is 19.2. The number of carboxylic acids is 1. The maximum Gasteiger partial charge on any atom is 0.337 e. The van der Waals surface area contributed by atoms with E-state index in [1.807, 2.05) is 48.6 Å². The lowest BCUT2D eigenvalue weighted by atomic mass is 9.85. The third kappa shape index (κ3) is 3.19. The Hall–Kier alpha value is -3.96. The predicted octanol–water partition coefficient (Wildman–Crippen LogP) is 5.46. The fourth-order valence-corrected chi connectivity index (χ4v) is 6.08. The molecule has 172 valence electrons. The first-order chi connectivity index (χ1) is 17.0. The third-order valence-corrected chi connectivity index (χ3v) is 7.60. The molecule has 6 heteroatoms. The minimum atomic E-state index is -1.21. The first-order valence-corrected chi connectivity index (χ1v) is 11.8. The van der Waals surface area contributed by atoms with Crippen molar-refractivity contribution in [3.05, 3.63) is 118 Å². The number of carboxylic acid groups (broad SMARTS) is 1. The average Bonchev–Trinajstić information content (AvgIpc) is 3.50. The number of allylic oxidation sites excluding steroid dienone is 3. The second kappa shape index (κ2) is 8.07. The van der Waals surface area contributed by atoms with Crippen LogP contribution in [-0.4, -0.2) is 22.9 Å². The Balaban J connectivity index is 1.46. The van der Waals surface area contributed by atoms with Crippen molar-refractivity contribution >= 4 is 40.6 Å². The first-order valence-electron chi connectivity index (χ1n) is 11.4. The van der Waals surface area contributed by atoms with Gasteiger partial charge in [0.2, 0.25) is 11.8 Å². The highest BCUT2D eigenvalue weighted by Crippen LogP contribution is 2.58. The zero-order valence-electron chi connectivity index (χ0n) is 18.5. The molecule has 1 saturated carbocycles. The molecule has 3 aromatic rings. The summed E-state index contributed by atoms with van der Waals surface area (Å²) in [4.78, 5) is 40.0. The molecule has 4 atom stereocenters. The van der Waals surface area contributed by atoms with E-state index in [2.05, 4.69) is 24.3 Å². The molecule has 3 aliphatic rings. The van der Waals surface area contributed by atoms with Crippen LogP contribution in [0.5, 0.6) is 0 Å². The fourth-order valence-electron chi connectivity index (χ4n) is 5.88. The van der Waals surface area contributed by atoms with Crippen LogP contribution in [0.1, 0.15) is 21.5 Å². The smallest absolute Gasteiger partial charge is 0.337 e. The third-order valence-electron chi connectivity index (χ3n) is 7.27. The summed E-state index contributed by atoms with van der Waals surface area (Å²) in [5.74, 6) is -3.24. The summed E-state index contributed by atoms with van der Waals surface area (Å²) in [5, 5.41) is 9.50. The highest BCUT2D eigenvalue weighted by atomic mass is 35.5. The Morgan fingerprint density at radius 3 is 1.77 bits per heavy atom. The molecule has 1 heterocycles. The number of halogens is 1. The van der Waals surface area contributed by atoms with Crippen molar-refractivity contribution in [3.8, 4) is 0 Å². The van der Waals surface area contributed by atoms with Crippen molar-refractivity contribution < 1.29 is 19.5 Å². The van der Waals surface area contributed by atoms with E-state index in [1.54, 1.807) is 0 Å². The van der Waals surface area contributed by atoms with Gasteiger partial charge in [-0.1, -0.05) is 84.4 Å². The molecule has 0 spiro atoms. The molecule has 6 rings (SSSR count). The minimum Gasteiger partial charge on any atom is -0.478 e. The van der Waals surface area contributed by atoms with E-state index in [-0.39, 0.29) is 39.9 Å². The van der Waals surface area contributed by atoms with E-state index < -0.39 is 17.8 Å². The van der Waals surface area contributed by atoms with Gasteiger partial charge >= 0.3 is 5.97 Å². The van der Waals surface area contributed by atoms with Crippen LogP contribution in [-0.2, 0) is 9.59 Å². The summed E-state index contributed by atoms with van der Waals surface area (Å²) in [6.07, 6.45) is 4.10. The molecule has 0 unspecified atom stereocenters. The molecule has 3 aromatic carbocycles. The summed E-state index contributed by atoms with van der Waals surface area (Å²) >= 11 is 6.01. The summed E-state index contributed by atoms with van der Waals surface area (Å²) in [6.45, 7) is 0. The van der Waals surface area contributed by atoms with Crippen LogP contribution < -0.4 is 4.90 Å². The van der Waals surface area contributed by atoms with Gasteiger partial charge in [0.25, 0.3) is 0 Å². The molecule has 0 radical (unpaired) electrons. The largest absolute Gasteiger partial charge is 0.478 e. The Kier molecular flexibility index (Phi) is 4.97. The van der Waals surface area contributed by atoms with Crippen LogP contribution in [0.3, 0.4) is 0 Å². The van der Waals surface area contributed by atoms with E-state index in [9.17, 15) is 19.5 Å². The number of aromatic carboxylic acids is 1. The monoisotopic (exact) mass is 481 g/mol. The first kappa shape index (κ1) is 21.6. The van der Waals surface area contributed by atoms with Gasteiger partial charge in [-0.05, 0) is 40.5 Å². The maximum absolute atomic E-state index is 13.7. The number of nitrogens with zero attached hydrogens (tertiary/aromatic N) is 1. The van der Waals surface area contributed by atoms with Crippen LogP contribution in [0.15, 0.2) is 96.6 Å². The number of amides is 2. The number of imide groups is 1. The zero-order chi connectivity index (χ0) is 24.3. The minimum absolute atomic E-state index is 0.0582. The number of anilines is 1. The predicted molar refractivity (Wildman–Crippen MR) is 133 cm³/mol. The molecular weight excluding hydrogens is 462 g/mol. The second-order valence-electron chi connectivity index (χ2n) is 9.03. The highest BCUT2D eigenvalue weighted by molar-refractivity contribution is 6.34. The fraction of sp³-hybridized carbons (Fsp3) is 0.138. The summed E-state index contributed by atoms with van der Waals surface area (Å²) in [5.41, 5.74) is 4.36. The van der Waals surface area contributed by atoms with E-state index in [4.69, 9.17) is 11.6 Å². The highest BCUT2D eigenvalue weighted by Gasteiger charge is 2.62. The molecule has 0 aromatic heterocycles.